The fraction of sp³-hybridized carbons (Fsp3) is 0.333. The van der Waals surface area contributed by atoms with E-state index in [0.717, 1.165) is 22.4 Å². The van der Waals surface area contributed by atoms with Crippen LogP contribution in [0.1, 0.15) is 23.6 Å². The molecule has 182 valence electrons. The molecule has 0 saturated carbocycles. The van der Waals surface area contributed by atoms with Crippen LogP contribution in [0.5, 0.6) is 0 Å². The van der Waals surface area contributed by atoms with Crippen LogP contribution in [0.25, 0.3) is 0 Å². The summed E-state index contributed by atoms with van der Waals surface area (Å²) < 4.78 is 31.5. The van der Waals surface area contributed by atoms with Crippen molar-refractivity contribution in [3.8, 4) is 0 Å². The Morgan fingerprint density at radius 2 is 1.17 bits per heavy atom. The minimum Gasteiger partial charge on any atom is -0.469 e. The lowest BCUT2D eigenvalue weighted by molar-refractivity contribution is -0.279. The fourth-order valence-corrected chi connectivity index (χ4v) is 4.64. The summed E-state index contributed by atoms with van der Waals surface area (Å²) in [6, 6.07) is 30.5. The highest BCUT2D eigenvalue weighted by atomic mass is 16.7. The Bertz CT molecular complexity index is 1070. The Kier molecular flexibility index (Phi) is 7.91. The number of hydrogen-bond donors (Lipinski definition) is 0. The molecule has 2 aliphatic heterocycles. The van der Waals surface area contributed by atoms with Gasteiger partial charge in [0.1, 0.15) is 12.2 Å². The molecule has 0 unspecified atom stereocenters. The number of benzene rings is 3. The Hall–Kier alpha value is -2.96. The fourth-order valence-electron chi connectivity index (χ4n) is 4.64. The van der Waals surface area contributed by atoms with E-state index >= 15 is 0 Å². The van der Waals surface area contributed by atoms with Gasteiger partial charge in [-0.2, -0.15) is 0 Å². The summed E-state index contributed by atoms with van der Waals surface area (Å²) in [5, 5.41) is 0. The zero-order valence-electron chi connectivity index (χ0n) is 20.0. The van der Waals surface area contributed by atoms with E-state index in [9.17, 15) is 0 Å². The molecule has 3 aromatic rings. The van der Waals surface area contributed by atoms with Gasteiger partial charge in [-0.05, 0) is 29.7 Å². The SMILES string of the molecule is CC1=C[C@H]2[C@@H](O1)O[C@H](COCc1ccccc1)[C@@H](OCc1ccccc1)[C@@H]2OCc1ccccc1. The van der Waals surface area contributed by atoms with E-state index in [1.165, 1.54) is 0 Å². The van der Waals surface area contributed by atoms with Crippen LogP contribution in [-0.4, -0.2) is 31.2 Å². The second-order valence-corrected chi connectivity index (χ2v) is 9.04. The van der Waals surface area contributed by atoms with Crippen LogP contribution in [0.4, 0.5) is 0 Å². The molecule has 5 rings (SSSR count). The van der Waals surface area contributed by atoms with E-state index in [2.05, 4.69) is 42.5 Å². The molecule has 0 spiro atoms. The molecule has 0 aromatic heterocycles. The summed E-state index contributed by atoms with van der Waals surface area (Å²) in [6.45, 7) is 3.80. The van der Waals surface area contributed by atoms with Crippen LogP contribution in [0.3, 0.4) is 0 Å². The Labute approximate surface area is 207 Å². The van der Waals surface area contributed by atoms with Gasteiger partial charge >= 0.3 is 0 Å². The predicted octanol–water partition coefficient (Wildman–Crippen LogP) is 5.65. The van der Waals surface area contributed by atoms with Crippen LogP contribution < -0.4 is 0 Å². The van der Waals surface area contributed by atoms with Crippen molar-refractivity contribution in [1.82, 2.24) is 0 Å². The van der Waals surface area contributed by atoms with Crippen molar-refractivity contribution < 1.29 is 23.7 Å². The zero-order valence-corrected chi connectivity index (χ0v) is 20.0. The maximum atomic E-state index is 6.54. The summed E-state index contributed by atoms with van der Waals surface area (Å²) >= 11 is 0. The molecule has 1 saturated heterocycles. The molecule has 2 heterocycles. The first-order valence-corrected chi connectivity index (χ1v) is 12.2. The number of allylic oxidation sites excluding steroid dienone is 1. The van der Waals surface area contributed by atoms with Crippen molar-refractivity contribution in [3.05, 3.63) is 120 Å². The maximum absolute atomic E-state index is 6.54. The molecule has 0 amide bonds. The van der Waals surface area contributed by atoms with Crippen molar-refractivity contribution in [1.29, 1.82) is 0 Å². The van der Waals surface area contributed by atoms with Crippen LogP contribution in [0, 0.1) is 5.92 Å². The Morgan fingerprint density at radius 3 is 1.74 bits per heavy atom. The molecule has 5 nitrogen and oxygen atoms in total. The van der Waals surface area contributed by atoms with Crippen molar-refractivity contribution >= 4 is 0 Å². The minimum absolute atomic E-state index is 0.0511. The maximum Gasteiger partial charge on any atom is 0.208 e. The number of hydrogen-bond acceptors (Lipinski definition) is 5. The molecule has 1 fully saturated rings. The second-order valence-electron chi connectivity index (χ2n) is 9.04. The van der Waals surface area contributed by atoms with E-state index < -0.39 is 6.29 Å². The van der Waals surface area contributed by atoms with Gasteiger partial charge in [0, 0.05) is 0 Å². The molecule has 0 bridgehead atoms. The molecule has 3 aromatic carbocycles. The van der Waals surface area contributed by atoms with E-state index in [1.54, 1.807) is 0 Å². The van der Waals surface area contributed by atoms with Crippen LogP contribution in [0.2, 0.25) is 0 Å². The van der Waals surface area contributed by atoms with Gasteiger partial charge in [0.25, 0.3) is 0 Å². The molecular formula is C30H32O5. The summed E-state index contributed by atoms with van der Waals surface area (Å²) in [5.41, 5.74) is 3.35. The van der Waals surface area contributed by atoms with Gasteiger partial charge in [-0.3, -0.25) is 0 Å². The molecule has 0 aliphatic carbocycles. The molecular weight excluding hydrogens is 440 g/mol. The van der Waals surface area contributed by atoms with Gasteiger partial charge in [0.05, 0.1) is 44.2 Å². The first-order chi connectivity index (χ1) is 17.3. The molecule has 5 heteroatoms. The van der Waals surface area contributed by atoms with Crippen molar-refractivity contribution in [3.63, 3.8) is 0 Å². The normalized spacial score (nSPS) is 25.5. The van der Waals surface area contributed by atoms with Crippen LogP contribution >= 0.6 is 0 Å². The van der Waals surface area contributed by atoms with Crippen molar-refractivity contribution in [2.75, 3.05) is 6.61 Å². The summed E-state index contributed by atoms with van der Waals surface area (Å²) in [7, 11) is 0. The lowest BCUT2D eigenvalue weighted by Gasteiger charge is -2.43. The van der Waals surface area contributed by atoms with E-state index in [4.69, 9.17) is 23.7 Å². The standard InChI is InChI=1S/C30H32O5/c1-22-17-26-28(32-19-24-13-7-3-8-14-24)29(33-20-25-15-9-4-10-16-25)27(35-30(26)34-22)21-31-18-23-11-5-2-6-12-23/h2-17,26-30H,18-21H2,1H3/t26-,27-,28-,29-,30+/m1/s1. The highest BCUT2D eigenvalue weighted by Crippen LogP contribution is 2.38. The van der Waals surface area contributed by atoms with Crippen molar-refractivity contribution in [2.24, 2.45) is 5.92 Å². The van der Waals surface area contributed by atoms with Gasteiger partial charge in [-0.15, -0.1) is 0 Å². The molecule has 0 radical (unpaired) electrons. The smallest absolute Gasteiger partial charge is 0.208 e. The number of ether oxygens (including phenoxy) is 5. The first kappa shape index (κ1) is 23.8. The average molecular weight is 473 g/mol. The monoisotopic (exact) mass is 472 g/mol. The molecule has 35 heavy (non-hydrogen) atoms. The molecule has 2 aliphatic rings. The summed E-state index contributed by atoms with van der Waals surface area (Å²) in [4.78, 5) is 0. The largest absolute Gasteiger partial charge is 0.469 e. The topological polar surface area (TPSA) is 46.2 Å². The first-order valence-electron chi connectivity index (χ1n) is 12.2. The van der Waals surface area contributed by atoms with Gasteiger partial charge < -0.3 is 23.7 Å². The molecule has 5 atom stereocenters. The van der Waals surface area contributed by atoms with Crippen LogP contribution in [0.15, 0.2) is 103 Å². The van der Waals surface area contributed by atoms with Gasteiger partial charge in [-0.25, -0.2) is 0 Å². The van der Waals surface area contributed by atoms with E-state index in [-0.39, 0.29) is 24.2 Å². The third-order valence-corrected chi connectivity index (χ3v) is 6.39. The van der Waals surface area contributed by atoms with Crippen molar-refractivity contribution in [2.45, 2.75) is 51.3 Å². The summed E-state index contributed by atoms with van der Waals surface area (Å²) in [5.74, 6) is 0.797. The minimum atomic E-state index is -0.405. The van der Waals surface area contributed by atoms with Gasteiger partial charge in [-0.1, -0.05) is 91.0 Å². The average Bonchev–Trinajstić information content (AvgIpc) is 3.28. The Balaban J connectivity index is 1.34. The number of rotatable bonds is 10. The second kappa shape index (κ2) is 11.6. The van der Waals surface area contributed by atoms with Gasteiger partial charge in [0.15, 0.2) is 0 Å². The third kappa shape index (κ3) is 6.19. The predicted molar refractivity (Wildman–Crippen MR) is 133 cm³/mol. The quantitative estimate of drug-likeness (QED) is 0.382. The molecule has 0 N–H and O–H groups in total. The number of fused-ring (bicyclic) bond motifs is 1. The Morgan fingerprint density at radius 1 is 0.657 bits per heavy atom. The zero-order chi connectivity index (χ0) is 23.9. The summed E-state index contributed by atoms with van der Waals surface area (Å²) in [6.07, 6.45) is 0.809. The lowest BCUT2D eigenvalue weighted by atomic mass is 9.91. The van der Waals surface area contributed by atoms with Gasteiger partial charge in [0.2, 0.25) is 6.29 Å². The highest BCUT2D eigenvalue weighted by Gasteiger charge is 2.50. The third-order valence-electron chi connectivity index (χ3n) is 6.39. The van der Waals surface area contributed by atoms with Crippen LogP contribution in [-0.2, 0) is 43.5 Å². The van der Waals surface area contributed by atoms with E-state index in [0.29, 0.717) is 26.4 Å². The lowest BCUT2D eigenvalue weighted by Crippen LogP contribution is -2.56. The highest BCUT2D eigenvalue weighted by molar-refractivity contribution is 5.16. The van der Waals surface area contributed by atoms with E-state index in [1.807, 2.05) is 61.5 Å².